The number of unbranched alkanes of at least 4 members (excludes halogenated alkanes) is 16. The fourth-order valence-electron chi connectivity index (χ4n) is 7.37. The number of phosphoric ester groups is 1. The molecule has 0 aromatic carbocycles. The van der Waals surface area contributed by atoms with Gasteiger partial charge in [-0.25, -0.2) is 4.57 Å². The Hall–Kier alpha value is -4.12. The summed E-state index contributed by atoms with van der Waals surface area (Å²) in [6, 6.07) is 0. The van der Waals surface area contributed by atoms with Crippen molar-refractivity contribution in [1.82, 2.24) is 0 Å². The van der Waals surface area contributed by atoms with E-state index >= 15 is 0 Å². The molecule has 0 amide bonds. The zero-order valence-corrected chi connectivity index (χ0v) is 48.6. The van der Waals surface area contributed by atoms with Crippen molar-refractivity contribution in [2.75, 3.05) is 26.4 Å². The Morgan fingerprint density at radius 2 is 0.724 bits per heavy atom. The highest BCUT2D eigenvalue weighted by Gasteiger charge is 2.28. The van der Waals surface area contributed by atoms with Gasteiger partial charge in [-0.15, -0.1) is 0 Å². The molecule has 0 aliphatic carbocycles. The van der Waals surface area contributed by atoms with Crippen molar-refractivity contribution in [2.24, 2.45) is 0 Å². The lowest BCUT2D eigenvalue weighted by Crippen LogP contribution is -2.30. The van der Waals surface area contributed by atoms with Crippen LogP contribution < -0.4 is 0 Å². The van der Waals surface area contributed by atoms with E-state index in [2.05, 4.69) is 130 Å². The summed E-state index contributed by atoms with van der Waals surface area (Å²) in [6.45, 7) is 4.34. The van der Waals surface area contributed by atoms with Crippen molar-refractivity contribution >= 4 is 25.7 Å². The Morgan fingerprint density at radius 3 is 1.18 bits per heavy atom. The second-order valence-corrected chi connectivity index (χ2v) is 20.5. The minimum absolute atomic E-state index is 0.0340. The van der Waals surface area contributed by atoms with Gasteiger partial charge in [-0.3, -0.25) is 23.4 Å². The molecule has 0 saturated heterocycles. The van der Waals surface area contributed by atoms with Gasteiger partial charge in [-0.2, -0.15) is 0 Å². The van der Waals surface area contributed by atoms with E-state index in [1.807, 2.05) is 12.2 Å². The van der Waals surface area contributed by atoms with E-state index in [-0.39, 0.29) is 25.9 Å². The summed E-state index contributed by atoms with van der Waals surface area (Å²) in [7, 11) is -4.78. The number of ether oxygens (including phenoxy) is 3. The van der Waals surface area contributed by atoms with E-state index in [1.54, 1.807) is 0 Å². The second kappa shape index (κ2) is 57.1. The van der Waals surface area contributed by atoms with Crippen molar-refractivity contribution in [1.29, 1.82) is 0 Å². The molecular formula is C64H105O11P. The van der Waals surface area contributed by atoms with Crippen molar-refractivity contribution in [2.45, 2.75) is 238 Å². The van der Waals surface area contributed by atoms with E-state index in [9.17, 15) is 28.9 Å². The number of aliphatic hydroxyl groups is 1. The summed E-state index contributed by atoms with van der Waals surface area (Å²) in [5.41, 5.74) is 0. The molecule has 0 spiro atoms. The number of allylic oxidation sites excluding steroid dienone is 20. The largest absolute Gasteiger partial charge is 0.472 e. The van der Waals surface area contributed by atoms with Crippen LogP contribution in [0.2, 0.25) is 0 Å². The number of carbonyl (C=O) groups excluding carboxylic acids is 3. The molecule has 0 saturated carbocycles. The van der Waals surface area contributed by atoms with Crippen molar-refractivity contribution < 1.29 is 52.2 Å². The van der Waals surface area contributed by atoms with Crippen LogP contribution in [0.3, 0.4) is 0 Å². The standard InChI is InChI=1S/C64H105O11P/c1-4-7-10-13-16-19-22-24-26-28-30-32-34-36-39-42-45-48-51-54-63(67)74-60(56-65)58-72-76(69,70)73-59-61(57-71-62(66)53-50-47-44-41-38-21-18-15-12-9-6-3)75-64(68)55-52-49-46-43-40-37-35-33-31-29-27-25-23-20-17-14-11-8-5-2/h8,11,15-20,24-27,30-33,37,40,46,49,60-61,65H,4-7,9-10,12-14,21-23,28-29,34-36,38-39,41-45,47-48,50-59H2,1-3H3,(H,69,70)/b11-8-,18-15-,19-16-,20-17-,26-24-,27-25-,32-30-,33-31-,40-37-,49-46-. The van der Waals surface area contributed by atoms with Gasteiger partial charge < -0.3 is 24.2 Å². The topological polar surface area (TPSA) is 155 Å². The Kier molecular flexibility index (Phi) is 54.0. The molecule has 0 aliphatic rings. The van der Waals surface area contributed by atoms with E-state index in [0.717, 1.165) is 122 Å². The van der Waals surface area contributed by atoms with Crippen LogP contribution in [0.25, 0.3) is 0 Å². The quantitative estimate of drug-likeness (QED) is 0.0197. The van der Waals surface area contributed by atoms with Gasteiger partial charge in [0.05, 0.1) is 19.8 Å². The van der Waals surface area contributed by atoms with Gasteiger partial charge in [0.1, 0.15) is 12.7 Å². The lowest BCUT2D eigenvalue weighted by atomic mass is 10.1. The molecule has 432 valence electrons. The monoisotopic (exact) mass is 1080 g/mol. The van der Waals surface area contributed by atoms with E-state index < -0.39 is 57.8 Å². The number of carbonyl (C=O) groups is 3. The number of hydrogen-bond acceptors (Lipinski definition) is 10. The highest BCUT2D eigenvalue weighted by Crippen LogP contribution is 2.43. The average Bonchev–Trinajstić information content (AvgIpc) is 3.41. The summed E-state index contributed by atoms with van der Waals surface area (Å²) in [5.74, 6) is -1.60. The molecule has 76 heavy (non-hydrogen) atoms. The van der Waals surface area contributed by atoms with Crippen LogP contribution in [0.15, 0.2) is 122 Å². The Labute approximate surface area is 462 Å². The highest BCUT2D eigenvalue weighted by molar-refractivity contribution is 7.47. The third-order valence-electron chi connectivity index (χ3n) is 11.9. The molecule has 3 unspecified atom stereocenters. The normalized spacial score (nSPS) is 14.2. The minimum atomic E-state index is -4.78. The van der Waals surface area contributed by atoms with Crippen molar-refractivity contribution in [3.05, 3.63) is 122 Å². The number of phosphoric acid groups is 1. The number of esters is 3. The average molecular weight is 1080 g/mol. The maximum atomic E-state index is 12.9. The first-order chi connectivity index (χ1) is 37.2. The van der Waals surface area contributed by atoms with Gasteiger partial charge in [-0.05, 0) is 116 Å². The lowest BCUT2D eigenvalue weighted by Gasteiger charge is -2.21. The second-order valence-electron chi connectivity index (χ2n) is 19.1. The Balaban J connectivity index is 4.79. The molecule has 11 nitrogen and oxygen atoms in total. The van der Waals surface area contributed by atoms with Crippen LogP contribution in [0.1, 0.15) is 226 Å². The summed E-state index contributed by atoms with van der Waals surface area (Å²) >= 11 is 0. The number of aliphatic hydroxyl groups excluding tert-OH is 1. The van der Waals surface area contributed by atoms with Crippen LogP contribution in [0, 0.1) is 0 Å². The summed E-state index contributed by atoms with van der Waals surface area (Å²) in [6.07, 6.45) is 70.3. The van der Waals surface area contributed by atoms with Crippen LogP contribution in [0.4, 0.5) is 0 Å². The molecule has 2 N–H and O–H groups in total. The molecule has 0 aromatic heterocycles. The van der Waals surface area contributed by atoms with Gasteiger partial charge in [0.2, 0.25) is 0 Å². The first kappa shape index (κ1) is 71.9. The molecule has 0 aliphatic heterocycles. The predicted octanol–water partition coefficient (Wildman–Crippen LogP) is 17.6. The number of rotatable bonds is 53. The molecule has 0 fully saturated rings. The van der Waals surface area contributed by atoms with Crippen LogP contribution in [0.5, 0.6) is 0 Å². The van der Waals surface area contributed by atoms with Gasteiger partial charge in [-0.1, -0.05) is 213 Å². The molecule has 3 atom stereocenters. The Morgan fingerprint density at radius 1 is 0.382 bits per heavy atom. The lowest BCUT2D eigenvalue weighted by molar-refractivity contribution is -0.161. The molecule has 0 aromatic rings. The maximum absolute atomic E-state index is 12.9. The third kappa shape index (κ3) is 54.7. The predicted molar refractivity (Wildman–Crippen MR) is 316 cm³/mol. The molecule has 0 bridgehead atoms. The zero-order chi connectivity index (χ0) is 55.5. The van der Waals surface area contributed by atoms with E-state index in [4.69, 9.17) is 23.3 Å². The number of hydrogen-bond donors (Lipinski definition) is 2. The van der Waals surface area contributed by atoms with Gasteiger partial charge >= 0.3 is 25.7 Å². The first-order valence-electron chi connectivity index (χ1n) is 29.4. The van der Waals surface area contributed by atoms with Crippen molar-refractivity contribution in [3.8, 4) is 0 Å². The summed E-state index contributed by atoms with van der Waals surface area (Å²) < 4.78 is 39.4. The molecule has 0 heterocycles. The fourth-order valence-corrected chi connectivity index (χ4v) is 8.15. The smallest absolute Gasteiger partial charge is 0.462 e. The van der Waals surface area contributed by atoms with Crippen LogP contribution in [-0.2, 0) is 42.2 Å². The van der Waals surface area contributed by atoms with E-state index in [0.29, 0.717) is 25.7 Å². The highest BCUT2D eigenvalue weighted by atomic mass is 31.2. The minimum Gasteiger partial charge on any atom is -0.462 e. The van der Waals surface area contributed by atoms with E-state index in [1.165, 1.54) is 38.5 Å². The zero-order valence-electron chi connectivity index (χ0n) is 47.7. The fraction of sp³-hybridized carbons (Fsp3) is 0.641. The Bertz CT molecular complexity index is 1740. The van der Waals surface area contributed by atoms with Gasteiger partial charge in [0.15, 0.2) is 6.10 Å². The molecule has 12 heteroatoms. The van der Waals surface area contributed by atoms with Gasteiger partial charge in [0, 0.05) is 19.3 Å². The molecule has 0 rings (SSSR count). The molecule has 0 radical (unpaired) electrons. The summed E-state index contributed by atoms with van der Waals surface area (Å²) in [5, 5.41) is 9.83. The van der Waals surface area contributed by atoms with Gasteiger partial charge in [0.25, 0.3) is 0 Å². The van der Waals surface area contributed by atoms with Crippen LogP contribution in [-0.4, -0.2) is 66.5 Å². The van der Waals surface area contributed by atoms with Crippen molar-refractivity contribution in [3.63, 3.8) is 0 Å². The first-order valence-corrected chi connectivity index (χ1v) is 30.9. The summed E-state index contributed by atoms with van der Waals surface area (Å²) in [4.78, 5) is 48.5. The molecular weight excluding hydrogens is 976 g/mol. The van der Waals surface area contributed by atoms with Crippen LogP contribution >= 0.6 is 7.82 Å². The third-order valence-corrected chi connectivity index (χ3v) is 12.8. The maximum Gasteiger partial charge on any atom is 0.472 e. The SMILES string of the molecule is CC/C=C\C/C=C\C/C=C\C/C=C\C/C=C\C/C=C\CCC(=O)OC(COC(=O)CCCCCCC/C=C\CCCC)COP(=O)(O)OCC(CO)OC(=O)CCCCCCCC/C=C\C/C=C\C/C=C\CCCCC.